The van der Waals surface area contributed by atoms with Crippen molar-refractivity contribution >= 4 is 16.9 Å². The van der Waals surface area contributed by atoms with Crippen molar-refractivity contribution in [3.05, 3.63) is 0 Å². The van der Waals surface area contributed by atoms with Crippen LogP contribution in [-0.2, 0) is 4.74 Å². The monoisotopic (exact) mass is 254 g/mol. The van der Waals surface area contributed by atoms with Gasteiger partial charge in [0.1, 0.15) is 0 Å². The van der Waals surface area contributed by atoms with Crippen molar-refractivity contribution in [3.8, 4) is 0 Å². The lowest BCUT2D eigenvalue weighted by atomic mass is 9.96. The number of amidine groups is 1. The van der Waals surface area contributed by atoms with Gasteiger partial charge in [0.25, 0.3) is 0 Å². The standard InChI is InChI=1S/C13H22N2OS/c1-8(2)10-5-6-17-13(14-10)15-11-7-9-3-4-12(11)16-9/h8-12H,3-7H2,1-2H3,(H,14,15). The maximum Gasteiger partial charge on any atom is 0.157 e. The first kappa shape index (κ1) is 11.8. The van der Waals surface area contributed by atoms with Crippen LogP contribution in [0.3, 0.4) is 0 Å². The molecule has 2 bridgehead atoms. The van der Waals surface area contributed by atoms with E-state index in [9.17, 15) is 0 Å². The van der Waals surface area contributed by atoms with Gasteiger partial charge < -0.3 is 10.1 Å². The van der Waals surface area contributed by atoms with Gasteiger partial charge in [-0.3, -0.25) is 4.99 Å². The second-order valence-electron chi connectivity index (χ2n) is 5.74. The van der Waals surface area contributed by atoms with E-state index < -0.39 is 0 Å². The van der Waals surface area contributed by atoms with E-state index in [0.717, 1.165) is 5.17 Å². The van der Waals surface area contributed by atoms with Crippen LogP contribution in [0.5, 0.6) is 0 Å². The minimum Gasteiger partial charge on any atom is -0.373 e. The van der Waals surface area contributed by atoms with Crippen molar-refractivity contribution in [2.24, 2.45) is 10.9 Å². The first-order valence-corrected chi connectivity index (χ1v) is 7.83. The Morgan fingerprint density at radius 3 is 2.88 bits per heavy atom. The Labute approximate surface area is 108 Å². The Kier molecular flexibility index (Phi) is 3.35. The highest BCUT2D eigenvalue weighted by molar-refractivity contribution is 8.13. The lowest BCUT2D eigenvalue weighted by Gasteiger charge is -2.27. The Balaban J connectivity index is 1.61. The minimum absolute atomic E-state index is 0.447. The molecule has 3 aliphatic heterocycles. The Bertz CT molecular complexity index is 319. The molecule has 0 aromatic carbocycles. The molecule has 0 spiro atoms. The molecule has 0 amide bonds. The molecule has 2 fully saturated rings. The summed E-state index contributed by atoms with van der Waals surface area (Å²) in [7, 11) is 0. The first-order chi connectivity index (χ1) is 8.22. The molecule has 3 aliphatic rings. The number of ether oxygens (including phenoxy) is 1. The molecule has 17 heavy (non-hydrogen) atoms. The number of rotatable bonds is 2. The normalized spacial score (nSPS) is 40.8. The third-order valence-corrected chi connectivity index (χ3v) is 5.06. The molecule has 0 aromatic rings. The average Bonchev–Trinajstić information content (AvgIpc) is 2.91. The summed E-state index contributed by atoms with van der Waals surface area (Å²) in [5, 5.41) is 4.79. The number of thioether (sulfide) groups is 1. The van der Waals surface area contributed by atoms with Gasteiger partial charge in [-0.15, -0.1) is 0 Å². The highest BCUT2D eigenvalue weighted by Gasteiger charge is 2.41. The van der Waals surface area contributed by atoms with Gasteiger partial charge in [0.15, 0.2) is 5.17 Å². The SMILES string of the molecule is CC(C)C1CCSC(NC2CC3CCC2O3)=N1. The number of hydrogen-bond donors (Lipinski definition) is 1. The van der Waals surface area contributed by atoms with E-state index in [2.05, 4.69) is 19.2 Å². The van der Waals surface area contributed by atoms with Crippen molar-refractivity contribution in [3.63, 3.8) is 0 Å². The Morgan fingerprint density at radius 2 is 2.24 bits per heavy atom. The average molecular weight is 254 g/mol. The van der Waals surface area contributed by atoms with E-state index in [1.807, 2.05) is 11.8 Å². The fraction of sp³-hybridized carbons (Fsp3) is 0.923. The van der Waals surface area contributed by atoms with Gasteiger partial charge in [-0.1, -0.05) is 25.6 Å². The number of nitrogens with one attached hydrogen (secondary N) is 1. The van der Waals surface area contributed by atoms with Crippen LogP contribution in [0.2, 0.25) is 0 Å². The van der Waals surface area contributed by atoms with E-state index >= 15 is 0 Å². The quantitative estimate of drug-likeness (QED) is 0.821. The second kappa shape index (κ2) is 4.81. The third-order valence-electron chi connectivity index (χ3n) is 4.12. The molecule has 1 N–H and O–H groups in total. The molecule has 4 atom stereocenters. The molecule has 3 nitrogen and oxygen atoms in total. The summed E-state index contributed by atoms with van der Waals surface area (Å²) in [5.74, 6) is 1.86. The molecule has 4 unspecified atom stereocenters. The summed E-state index contributed by atoms with van der Waals surface area (Å²) >= 11 is 1.88. The summed E-state index contributed by atoms with van der Waals surface area (Å²) in [6, 6.07) is 1.03. The molecule has 96 valence electrons. The third kappa shape index (κ3) is 2.48. The number of hydrogen-bond acceptors (Lipinski definition) is 4. The van der Waals surface area contributed by atoms with Crippen molar-refractivity contribution in [1.82, 2.24) is 5.32 Å². The van der Waals surface area contributed by atoms with Gasteiger partial charge >= 0.3 is 0 Å². The maximum atomic E-state index is 5.87. The van der Waals surface area contributed by atoms with Crippen molar-refractivity contribution < 1.29 is 4.74 Å². The molecule has 0 saturated carbocycles. The molecule has 0 aromatic heterocycles. The Hall–Kier alpha value is -0.220. The summed E-state index contributed by atoms with van der Waals surface area (Å²) in [5.41, 5.74) is 0. The van der Waals surface area contributed by atoms with Crippen LogP contribution in [0, 0.1) is 5.92 Å². The van der Waals surface area contributed by atoms with Crippen LogP contribution >= 0.6 is 11.8 Å². The summed E-state index contributed by atoms with van der Waals surface area (Å²) in [6.45, 7) is 4.53. The lowest BCUT2D eigenvalue weighted by molar-refractivity contribution is 0.0994. The van der Waals surface area contributed by atoms with Crippen LogP contribution in [0.1, 0.15) is 39.5 Å². The molecular weight excluding hydrogens is 232 g/mol. The van der Waals surface area contributed by atoms with Crippen LogP contribution in [-0.4, -0.2) is 35.2 Å². The lowest BCUT2D eigenvalue weighted by Crippen LogP contribution is -2.42. The van der Waals surface area contributed by atoms with Crippen molar-refractivity contribution in [2.45, 2.75) is 63.8 Å². The molecule has 3 rings (SSSR count). The predicted octanol–water partition coefficient (Wildman–Crippen LogP) is 2.41. The van der Waals surface area contributed by atoms with Gasteiger partial charge in [0, 0.05) is 5.75 Å². The largest absolute Gasteiger partial charge is 0.373 e. The fourth-order valence-electron chi connectivity index (χ4n) is 3.04. The van der Waals surface area contributed by atoms with Gasteiger partial charge in [-0.2, -0.15) is 0 Å². The van der Waals surface area contributed by atoms with Gasteiger partial charge in [-0.25, -0.2) is 0 Å². The highest BCUT2D eigenvalue weighted by atomic mass is 32.2. The first-order valence-electron chi connectivity index (χ1n) is 6.85. The maximum absolute atomic E-state index is 5.87. The van der Waals surface area contributed by atoms with Gasteiger partial charge in [0.05, 0.1) is 24.3 Å². The minimum atomic E-state index is 0.447. The number of nitrogens with zero attached hydrogens (tertiary/aromatic N) is 1. The van der Waals surface area contributed by atoms with Gasteiger partial charge in [0.2, 0.25) is 0 Å². The highest BCUT2D eigenvalue weighted by Crippen LogP contribution is 2.35. The van der Waals surface area contributed by atoms with E-state index in [4.69, 9.17) is 9.73 Å². The molecule has 0 aliphatic carbocycles. The molecule has 0 radical (unpaired) electrons. The van der Waals surface area contributed by atoms with E-state index in [-0.39, 0.29) is 0 Å². The topological polar surface area (TPSA) is 33.6 Å². The van der Waals surface area contributed by atoms with Crippen molar-refractivity contribution in [1.29, 1.82) is 0 Å². The summed E-state index contributed by atoms with van der Waals surface area (Å²) < 4.78 is 5.87. The molecule has 4 heteroatoms. The predicted molar refractivity (Wildman–Crippen MR) is 72.6 cm³/mol. The van der Waals surface area contributed by atoms with E-state index in [1.165, 1.54) is 31.4 Å². The molecular formula is C13H22N2OS. The van der Waals surface area contributed by atoms with Crippen molar-refractivity contribution in [2.75, 3.05) is 5.75 Å². The Morgan fingerprint density at radius 1 is 1.35 bits per heavy atom. The number of fused-ring (bicyclic) bond motifs is 2. The number of aliphatic imine (C=N–C) groups is 1. The molecule has 2 saturated heterocycles. The van der Waals surface area contributed by atoms with E-state index in [0.29, 0.717) is 30.2 Å². The zero-order valence-corrected chi connectivity index (χ0v) is 11.5. The van der Waals surface area contributed by atoms with Crippen LogP contribution in [0.15, 0.2) is 4.99 Å². The van der Waals surface area contributed by atoms with Gasteiger partial charge in [-0.05, 0) is 31.6 Å². The van der Waals surface area contributed by atoms with Crippen LogP contribution < -0.4 is 5.32 Å². The summed E-state index contributed by atoms with van der Waals surface area (Å²) in [4.78, 5) is 4.84. The van der Waals surface area contributed by atoms with Crippen LogP contribution in [0.4, 0.5) is 0 Å². The molecule has 3 heterocycles. The smallest absolute Gasteiger partial charge is 0.157 e. The zero-order chi connectivity index (χ0) is 11.8. The zero-order valence-electron chi connectivity index (χ0n) is 10.7. The van der Waals surface area contributed by atoms with Crippen LogP contribution in [0.25, 0.3) is 0 Å². The fourth-order valence-corrected chi connectivity index (χ4v) is 4.04. The summed E-state index contributed by atoms with van der Waals surface area (Å²) in [6.07, 6.45) is 5.86. The second-order valence-corrected chi connectivity index (χ2v) is 6.83. The van der Waals surface area contributed by atoms with E-state index in [1.54, 1.807) is 0 Å².